The van der Waals surface area contributed by atoms with Crippen LogP contribution in [0.3, 0.4) is 0 Å². The fourth-order valence-corrected chi connectivity index (χ4v) is 2.89. The summed E-state index contributed by atoms with van der Waals surface area (Å²) in [5.41, 5.74) is 1.24. The highest BCUT2D eigenvalue weighted by Crippen LogP contribution is 2.22. The SMILES string of the molecule is CCCc1cc(C(=O)NCC(=O)NC2CC2)sc1C. The van der Waals surface area contributed by atoms with Gasteiger partial charge in [0, 0.05) is 10.9 Å². The highest BCUT2D eigenvalue weighted by molar-refractivity contribution is 7.14. The fraction of sp³-hybridized carbons (Fsp3) is 0.571. The van der Waals surface area contributed by atoms with Gasteiger partial charge in [-0.05, 0) is 37.8 Å². The molecule has 0 aliphatic heterocycles. The van der Waals surface area contributed by atoms with Crippen LogP contribution in [0.4, 0.5) is 0 Å². The fourth-order valence-electron chi connectivity index (χ4n) is 1.90. The van der Waals surface area contributed by atoms with Gasteiger partial charge in [-0.25, -0.2) is 0 Å². The first-order valence-corrected chi connectivity index (χ1v) is 7.58. The highest BCUT2D eigenvalue weighted by Gasteiger charge is 2.23. The Morgan fingerprint density at radius 3 is 2.79 bits per heavy atom. The summed E-state index contributed by atoms with van der Waals surface area (Å²) in [7, 11) is 0. The lowest BCUT2D eigenvalue weighted by Crippen LogP contribution is -2.37. The number of rotatable bonds is 6. The Labute approximate surface area is 117 Å². The monoisotopic (exact) mass is 280 g/mol. The largest absolute Gasteiger partial charge is 0.352 e. The van der Waals surface area contributed by atoms with Crippen LogP contribution in [0.2, 0.25) is 0 Å². The maximum atomic E-state index is 11.9. The van der Waals surface area contributed by atoms with Crippen LogP contribution in [-0.4, -0.2) is 24.4 Å². The summed E-state index contributed by atoms with van der Waals surface area (Å²) in [5, 5.41) is 5.52. The van der Waals surface area contributed by atoms with E-state index in [-0.39, 0.29) is 18.4 Å². The van der Waals surface area contributed by atoms with Gasteiger partial charge < -0.3 is 10.6 Å². The van der Waals surface area contributed by atoms with Gasteiger partial charge in [-0.1, -0.05) is 13.3 Å². The lowest BCUT2D eigenvalue weighted by atomic mass is 10.1. The molecule has 2 rings (SSSR count). The second-order valence-electron chi connectivity index (χ2n) is 4.97. The van der Waals surface area contributed by atoms with Crippen molar-refractivity contribution in [3.8, 4) is 0 Å². The Hall–Kier alpha value is -1.36. The third kappa shape index (κ3) is 4.06. The summed E-state index contributed by atoms with van der Waals surface area (Å²) in [4.78, 5) is 25.3. The summed E-state index contributed by atoms with van der Waals surface area (Å²) >= 11 is 1.50. The third-order valence-corrected chi connectivity index (χ3v) is 4.21. The van der Waals surface area contributed by atoms with E-state index in [1.165, 1.54) is 21.8 Å². The summed E-state index contributed by atoms with van der Waals surface area (Å²) in [6.07, 6.45) is 4.19. The molecule has 0 spiro atoms. The number of carbonyl (C=O) groups excluding carboxylic acids is 2. The minimum Gasteiger partial charge on any atom is -0.352 e. The Balaban J connectivity index is 1.84. The zero-order chi connectivity index (χ0) is 13.8. The van der Waals surface area contributed by atoms with E-state index in [4.69, 9.17) is 0 Å². The maximum Gasteiger partial charge on any atom is 0.261 e. The number of nitrogens with one attached hydrogen (secondary N) is 2. The average molecular weight is 280 g/mol. The Bertz CT molecular complexity index is 478. The van der Waals surface area contributed by atoms with Crippen LogP contribution < -0.4 is 10.6 Å². The van der Waals surface area contributed by atoms with Crippen LogP contribution in [0, 0.1) is 6.92 Å². The van der Waals surface area contributed by atoms with Crippen molar-refractivity contribution in [2.24, 2.45) is 0 Å². The molecule has 1 fully saturated rings. The molecule has 2 N–H and O–H groups in total. The normalized spacial score (nSPS) is 14.2. The Morgan fingerprint density at radius 1 is 1.42 bits per heavy atom. The molecule has 1 aliphatic carbocycles. The number of hydrogen-bond donors (Lipinski definition) is 2. The first-order valence-electron chi connectivity index (χ1n) is 6.77. The summed E-state index contributed by atoms with van der Waals surface area (Å²) in [6, 6.07) is 2.28. The molecule has 1 aromatic heterocycles. The first-order chi connectivity index (χ1) is 9.10. The summed E-state index contributed by atoms with van der Waals surface area (Å²) < 4.78 is 0. The van der Waals surface area contributed by atoms with Crippen molar-refractivity contribution < 1.29 is 9.59 Å². The smallest absolute Gasteiger partial charge is 0.261 e. The molecule has 0 aromatic carbocycles. The molecule has 0 radical (unpaired) electrons. The molecule has 1 aliphatic rings. The van der Waals surface area contributed by atoms with E-state index in [1.54, 1.807) is 0 Å². The van der Waals surface area contributed by atoms with E-state index < -0.39 is 0 Å². The number of aryl methyl sites for hydroxylation is 2. The molecule has 0 bridgehead atoms. The van der Waals surface area contributed by atoms with Crippen LogP contribution in [0.25, 0.3) is 0 Å². The number of thiophene rings is 1. The van der Waals surface area contributed by atoms with Gasteiger partial charge in [0.05, 0.1) is 11.4 Å². The molecule has 0 atom stereocenters. The molecule has 4 nitrogen and oxygen atoms in total. The predicted molar refractivity (Wildman–Crippen MR) is 76.5 cm³/mol. The van der Waals surface area contributed by atoms with E-state index in [1.807, 2.05) is 13.0 Å². The van der Waals surface area contributed by atoms with Crippen LogP contribution >= 0.6 is 11.3 Å². The van der Waals surface area contributed by atoms with Gasteiger partial charge in [0.2, 0.25) is 5.91 Å². The zero-order valence-corrected chi connectivity index (χ0v) is 12.2. The van der Waals surface area contributed by atoms with Crippen molar-refractivity contribution in [2.75, 3.05) is 6.54 Å². The zero-order valence-electron chi connectivity index (χ0n) is 11.4. The lowest BCUT2D eigenvalue weighted by molar-refractivity contribution is -0.120. The van der Waals surface area contributed by atoms with E-state index in [0.717, 1.165) is 25.7 Å². The van der Waals surface area contributed by atoms with E-state index in [9.17, 15) is 9.59 Å². The van der Waals surface area contributed by atoms with Crippen molar-refractivity contribution in [2.45, 2.75) is 45.6 Å². The molecule has 5 heteroatoms. The molecule has 1 aromatic rings. The van der Waals surface area contributed by atoms with E-state index in [0.29, 0.717) is 10.9 Å². The highest BCUT2D eigenvalue weighted by atomic mass is 32.1. The second-order valence-corrected chi connectivity index (χ2v) is 6.22. The number of carbonyl (C=O) groups is 2. The van der Waals surface area contributed by atoms with Gasteiger partial charge >= 0.3 is 0 Å². The molecule has 0 saturated heterocycles. The van der Waals surface area contributed by atoms with Gasteiger partial charge in [-0.2, -0.15) is 0 Å². The minimum absolute atomic E-state index is 0.0649. The van der Waals surface area contributed by atoms with Crippen LogP contribution in [-0.2, 0) is 11.2 Å². The number of amides is 2. The average Bonchev–Trinajstić information content (AvgIpc) is 3.10. The first kappa shape index (κ1) is 14.1. The maximum absolute atomic E-state index is 11.9. The lowest BCUT2D eigenvalue weighted by Gasteiger charge is -2.04. The van der Waals surface area contributed by atoms with Crippen molar-refractivity contribution in [3.05, 3.63) is 21.4 Å². The molecule has 2 amide bonds. The van der Waals surface area contributed by atoms with Crippen molar-refractivity contribution in [1.29, 1.82) is 0 Å². The third-order valence-electron chi connectivity index (χ3n) is 3.12. The molecule has 1 heterocycles. The molecule has 104 valence electrons. The molecule has 19 heavy (non-hydrogen) atoms. The quantitative estimate of drug-likeness (QED) is 0.837. The van der Waals surface area contributed by atoms with Crippen LogP contribution in [0.15, 0.2) is 6.07 Å². The van der Waals surface area contributed by atoms with Crippen molar-refractivity contribution in [1.82, 2.24) is 10.6 Å². The standard InChI is InChI=1S/C14H20N2O2S/c1-3-4-10-7-12(19-9(10)2)14(18)15-8-13(17)16-11-5-6-11/h7,11H,3-6,8H2,1-2H3,(H,15,18)(H,16,17). The molecule has 0 unspecified atom stereocenters. The topological polar surface area (TPSA) is 58.2 Å². The van der Waals surface area contributed by atoms with E-state index >= 15 is 0 Å². The predicted octanol–water partition coefficient (Wildman–Crippen LogP) is 2.02. The van der Waals surface area contributed by atoms with E-state index in [2.05, 4.69) is 17.6 Å². The minimum atomic E-state index is -0.151. The summed E-state index contributed by atoms with van der Waals surface area (Å²) in [5.74, 6) is -0.251. The molecular weight excluding hydrogens is 260 g/mol. The van der Waals surface area contributed by atoms with Gasteiger partial charge in [-0.3, -0.25) is 9.59 Å². The van der Waals surface area contributed by atoms with Crippen molar-refractivity contribution >= 4 is 23.2 Å². The second kappa shape index (κ2) is 6.19. The summed E-state index contributed by atoms with van der Waals surface area (Å²) in [6.45, 7) is 4.22. The molecule has 1 saturated carbocycles. The van der Waals surface area contributed by atoms with Gasteiger partial charge in [-0.15, -0.1) is 11.3 Å². The van der Waals surface area contributed by atoms with Crippen LogP contribution in [0.1, 0.15) is 46.3 Å². The van der Waals surface area contributed by atoms with Gasteiger partial charge in [0.25, 0.3) is 5.91 Å². The molecular formula is C14H20N2O2S. The van der Waals surface area contributed by atoms with Gasteiger partial charge in [0.15, 0.2) is 0 Å². The van der Waals surface area contributed by atoms with Crippen molar-refractivity contribution in [3.63, 3.8) is 0 Å². The number of hydrogen-bond acceptors (Lipinski definition) is 3. The Morgan fingerprint density at radius 2 is 2.16 bits per heavy atom. The van der Waals surface area contributed by atoms with Gasteiger partial charge in [0.1, 0.15) is 0 Å². The Kier molecular flexibility index (Phi) is 4.58. The van der Waals surface area contributed by atoms with Crippen LogP contribution in [0.5, 0.6) is 0 Å².